The highest BCUT2D eigenvalue weighted by atomic mass is 35.5. The van der Waals surface area contributed by atoms with Crippen molar-refractivity contribution in [3.63, 3.8) is 0 Å². The van der Waals surface area contributed by atoms with Crippen molar-refractivity contribution in [2.45, 2.75) is 109 Å². The molecule has 6 unspecified atom stereocenters. The number of esters is 5. The van der Waals surface area contributed by atoms with Crippen molar-refractivity contribution in [2.75, 3.05) is 13.2 Å². The van der Waals surface area contributed by atoms with Gasteiger partial charge in [-0.3, -0.25) is 33.6 Å². The van der Waals surface area contributed by atoms with Gasteiger partial charge in [0.05, 0.1) is 0 Å². The number of amides is 2. The molecule has 2 N–H and O–H groups in total. The number of alkyl halides is 1. The van der Waals surface area contributed by atoms with Gasteiger partial charge in [-0.05, 0) is 0 Å². The van der Waals surface area contributed by atoms with Gasteiger partial charge in [-0.25, -0.2) is 0 Å². The number of carbonyl (C=O) groups is 7. The summed E-state index contributed by atoms with van der Waals surface area (Å²) >= 11 is 6.40. The smallest absolute Gasteiger partial charge is 0.303 e. The largest absolute Gasteiger partial charge is 0.463 e. The Balaban J connectivity index is 2.66. The van der Waals surface area contributed by atoms with Crippen molar-refractivity contribution < 1.29 is 71.5 Å². The maximum atomic E-state index is 12.3. The fourth-order valence-corrected chi connectivity index (χ4v) is 5.01. The Bertz CT molecular complexity index is 1100. The Kier molecular flexibility index (Phi) is 13.8. The van der Waals surface area contributed by atoms with Crippen molar-refractivity contribution in [1.29, 1.82) is 0 Å². The summed E-state index contributed by atoms with van der Waals surface area (Å²) in [5, 5.41) is 5.08. The van der Waals surface area contributed by atoms with Gasteiger partial charge in [0.1, 0.15) is 43.6 Å². The van der Waals surface area contributed by atoms with Crippen LogP contribution in [0.1, 0.15) is 48.5 Å². The Morgan fingerprint density at radius 2 is 0.977 bits per heavy atom. The molecule has 0 spiro atoms. The predicted molar refractivity (Wildman–Crippen MR) is 143 cm³/mol. The van der Waals surface area contributed by atoms with E-state index < -0.39 is 115 Å². The Hall–Kier alpha value is -3.54. The SMILES string of the molecule is CC(=O)NC1C(OC(C)=O)[C@H](OC(C)=O)C(COC(C)=O)O[C@H]1O[C@@H]1C(COC(C)=O)O[C@H](Cl)C(NC(C)=O)C1OC(C)=O. The van der Waals surface area contributed by atoms with Crippen molar-refractivity contribution >= 4 is 53.3 Å². The summed E-state index contributed by atoms with van der Waals surface area (Å²) in [6.45, 7) is 6.85. The van der Waals surface area contributed by atoms with E-state index in [1.807, 2.05) is 0 Å². The molecule has 2 amide bonds. The summed E-state index contributed by atoms with van der Waals surface area (Å²) in [7, 11) is 0. The second-order valence-corrected chi connectivity index (χ2v) is 10.4. The Morgan fingerprint density at radius 3 is 1.41 bits per heavy atom. The van der Waals surface area contributed by atoms with E-state index in [9.17, 15) is 33.6 Å². The third kappa shape index (κ3) is 10.9. The van der Waals surface area contributed by atoms with Crippen molar-refractivity contribution in [3.05, 3.63) is 0 Å². The molecule has 0 aromatic heterocycles. The van der Waals surface area contributed by atoms with Crippen LogP contribution in [0, 0.1) is 0 Å². The molecule has 0 aromatic rings. The van der Waals surface area contributed by atoms with Crippen LogP contribution >= 0.6 is 11.6 Å². The fourth-order valence-electron chi connectivity index (χ4n) is 4.67. The average Bonchev–Trinajstić information content (AvgIpc) is 2.87. The van der Waals surface area contributed by atoms with Crippen LogP contribution in [0.3, 0.4) is 0 Å². The van der Waals surface area contributed by atoms with Crippen LogP contribution in [0.25, 0.3) is 0 Å². The molecule has 17 nitrogen and oxygen atoms in total. The summed E-state index contributed by atoms with van der Waals surface area (Å²) in [6.07, 6.45) is -9.87. The Morgan fingerprint density at radius 1 is 0.568 bits per heavy atom. The van der Waals surface area contributed by atoms with Gasteiger partial charge in [0.25, 0.3) is 0 Å². The predicted octanol–water partition coefficient (Wildman–Crippen LogP) is -1.01. The third-order valence-corrected chi connectivity index (χ3v) is 6.49. The van der Waals surface area contributed by atoms with E-state index in [-0.39, 0.29) is 0 Å². The molecule has 44 heavy (non-hydrogen) atoms. The summed E-state index contributed by atoms with van der Waals surface area (Å²) < 4.78 is 44.6. The van der Waals surface area contributed by atoms with Crippen molar-refractivity contribution in [3.8, 4) is 0 Å². The van der Waals surface area contributed by atoms with E-state index >= 15 is 0 Å². The normalized spacial score (nSPS) is 31.5. The summed E-state index contributed by atoms with van der Waals surface area (Å²) in [5.41, 5.74) is -1.30. The van der Waals surface area contributed by atoms with E-state index in [0.717, 1.165) is 41.5 Å². The molecule has 2 saturated heterocycles. The third-order valence-electron chi connectivity index (χ3n) is 6.12. The topological polar surface area (TPSA) is 217 Å². The van der Waals surface area contributed by atoms with Crippen LogP contribution in [0.4, 0.5) is 0 Å². The van der Waals surface area contributed by atoms with Crippen LogP contribution in [-0.2, 0) is 71.5 Å². The lowest BCUT2D eigenvalue weighted by atomic mass is 9.94. The number of nitrogens with one attached hydrogen (secondary N) is 2. The van der Waals surface area contributed by atoms with E-state index in [1.54, 1.807) is 0 Å². The number of carbonyl (C=O) groups excluding carboxylic acids is 7. The van der Waals surface area contributed by atoms with Crippen LogP contribution in [-0.4, -0.2) is 115 Å². The standard InChI is InChI=1S/C26H37ClN2O15/c1-10(30)28-19-23(40-15(6)35)22(17(42-25(19)27)8-37-12(3)32)44-26-20(29-11(2)31)24(41-16(7)36)21(39-14(5)34)18(43-26)9-38-13(4)33/h17-26H,8-9H2,1-7H3,(H,28,30)(H,29,31)/t17?,18?,19?,20?,21-,22-,23?,24?,25+,26+/m1/s1. The molecule has 0 aliphatic carbocycles. The van der Waals surface area contributed by atoms with Gasteiger partial charge in [-0.2, -0.15) is 0 Å². The first-order valence-electron chi connectivity index (χ1n) is 13.4. The number of halogens is 1. The molecule has 18 heteroatoms. The summed E-state index contributed by atoms with van der Waals surface area (Å²) in [6, 6.07) is -2.59. The lowest BCUT2D eigenvalue weighted by Gasteiger charge is -2.49. The molecule has 2 rings (SSSR count). The molecule has 248 valence electrons. The average molecular weight is 653 g/mol. The first-order chi connectivity index (χ1) is 20.5. The molecule has 0 radical (unpaired) electrons. The lowest BCUT2D eigenvalue weighted by molar-refractivity contribution is -0.314. The summed E-state index contributed by atoms with van der Waals surface area (Å²) in [5.74, 6) is -5.08. The zero-order valence-electron chi connectivity index (χ0n) is 25.2. The molecule has 0 aromatic carbocycles. The number of rotatable bonds is 11. The van der Waals surface area contributed by atoms with Gasteiger partial charge in [-0.15, -0.1) is 0 Å². The number of hydrogen-bond donors (Lipinski definition) is 2. The first kappa shape index (κ1) is 36.7. The quantitative estimate of drug-likeness (QED) is 0.155. The minimum absolute atomic E-state index is 0.467. The molecule has 2 aliphatic rings. The van der Waals surface area contributed by atoms with E-state index in [0.29, 0.717) is 0 Å². The zero-order valence-corrected chi connectivity index (χ0v) is 25.9. The minimum atomic E-state index is -1.62. The van der Waals surface area contributed by atoms with E-state index in [4.69, 9.17) is 49.5 Å². The minimum Gasteiger partial charge on any atom is -0.463 e. The van der Waals surface area contributed by atoms with Gasteiger partial charge in [0.15, 0.2) is 30.2 Å². The number of hydrogen-bond acceptors (Lipinski definition) is 15. The van der Waals surface area contributed by atoms with Crippen LogP contribution in [0.2, 0.25) is 0 Å². The molecule has 2 heterocycles. The molecule has 0 bridgehead atoms. The molecular weight excluding hydrogens is 616 g/mol. The highest BCUT2D eigenvalue weighted by molar-refractivity contribution is 6.20. The summed E-state index contributed by atoms with van der Waals surface area (Å²) in [4.78, 5) is 84.0. The second-order valence-electron chi connectivity index (χ2n) is 9.95. The number of ether oxygens (including phenoxy) is 8. The highest BCUT2D eigenvalue weighted by Crippen LogP contribution is 2.34. The van der Waals surface area contributed by atoms with Crippen LogP contribution in [0.15, 0.2) is 0 Å². The second kappa shape index (κ2) is 16.5. The van der Waals surface area contributed by atoms with Gasteiger partial charge >= 0.3 is 29.8 Å². The maximum Gasteiger partial charge on any atom is 0.303 e. The van der Waals surface area contributed by atoms with E-state index in [2.05, 4.69) is 10.6 Å². The van der Waals surface area contributed by atoms with E-state index in [1.165, 1.54) is 6.92 Å². The molecule has 0 saturated carbocycles. The fraction of sp³-hybridized carbons (Fsp3) is 0.731. The van der Waals surface area contributed by atoms with Gasteiger partial charge in [0.2, 0.25) is 11.8 Å². The molecule has 2 aliphatic heterocycles. The Labute approximate surface area is 257 Å². The van der Waals surface area contributed by atoms with Crippen LogP contribution in [0.5, 0.6) is 0 Å². The molecule has 2 fully saturated rings. The monoisotopic (exact) mass is 652 g/mol. The van der Waals surface area contributed by atoms with Crippen molar-refractivity contribution in [2.24, 2.45) is 0 Å². The first-order valence-corrected chi connectivity index (χ1v) is 13.9. The molecular formula is C26H37ClN2O15. The van der Waals surface area contributed by atoms with Crippen LogP contribution < -0.4 is 10.6 Å². The van der Waals surface area contributed by atoms with Gasteiger partial charge in [-0.1, -0.05) is 11.6 Å². The zero-order chi connectivity index (χ0) is 33.3. The maximum absolute atomic E-state index is 12.3. The van der Waals surface area contributed by atoms with Gasteiger partial charge < -0.3 is 48.5 Å². The van der Waals surface area contributed by atoms with Gasteiger partial charge in [0, 0.05) is 48.5 Å². The van der Waals surface area contributed by atoms with Crippen molar-refractivity contribution in [1.82, 2.24) is 10.6 Å². The highest BCUT2D eigenvalue weighted by Gasteiger charge is 2.55. The molecule has 10 atom stereocenters. The lowest BCUT2D eigenvalue weighted by Crippen LogP contribution is -2.70.